The Kier molecular flexibility index (Phi) is 3.01. The van der Waals surface area contributed by atoms with E-state index >= 15 is 0 Å². The van der Waals surface area contributed by atoms with Crippen LogP contribution in [0.2, 0.25) is 0 Å². The standard InChI is InChI=1S/C17H18N4O3/c22-17(13-2-1-3-15-16(13)24-7-6-23-15)20-8-12(9-20)21-10-14(18-19-21)11-4-5-11/h1-3,10-12H,4-9H2. The highest BCUT2D eigenvalue weighted by Gasteiger charge is 2.36. The molecule has 7 heteroatoms. The first-order chi connectivity index (χ1) is 11.8. The minimum atomic E-state index is -0.0175. The van der Waals surface area contributed by atoms with Gasteiger partial charge in [0.15, 0.2) is 11.5 Å². The van der Waals surface area contributed by atoms with Gasteiger partial charge in [0.2, 0.25) is 0 Å². The van der Waals surface area contributed by atoms with Crippen molar-refractivity contribution in [3.05, 3.63) is 35.7 Å². The molecule has 0 unspecified atom stereocenters. The predicted octanol–water partition coefficient (Wildman–Crippen LogP) is 1.62. The number of aromatic nitrogens is 3. The van der Waals surface area contributed by atoms with Crippen LogP contribution in [0.4, 0.5) is 0 Å². The van der Waals surface area contributed by atoms with E-state index in [0.717, 1.165) is 5.69 Å². The first-order valence-electron chi connectivity index (χ1n) is 8.39. The number of rotatable bonds is 3. The molecule has 1 amide bonds. The van der Waals surface area contributed by atoms with Crippen LogP contribution in [0.3, 0.4) is 0 Å². The predicted molar refractivity (Wildman–Crippen MR) is 84.4 cm³/mol. The second-order valence-electron chi connectivity index (χ2n) is 6.59. The quantitative estimate of drug-likeness (QED) is 0.857. The monoisotopic (exact) mass is 326 g/mol. The van der Waals surface area contributed by atoms with Crippen molar-refractivity contribution in [1.29, 1.82) is 0 Å². The van der Waals surface area contributed by atoms with Gasteiger partial charge in [0, 0.05) is 25.2 Å². The largest absolute Gasteiger partial charge is 0.486 e. The van der Waals surface area contributed by atoms with Crippen LogP contribution in [-0.2, 0) is 0 Å². The van der Waals surface area contributed by atoms with E-state index < -0.39 is 0 Å². The van der Waals surface area contributed by atoms with Gasteiger partial charge in [0.25, 0.3) is 5.91 Å². The zero-order chi connectivity index (χ0) is 16.1. The summed E-state index contributed by atoms with van der Waals surface area (Å²) in [6.07, 6.45) is 4.47. The van der Waals surface area contributed by atoms with Crippen LogP contribution < -0.4 is 9.47 Å². The van der Waals surface area contributed by atoms with E-state index in [4.69, 9.17) is 9.47 Å². The molecule has 3 heterocycles. The maximum Gasteiger partial charge on any atom is 0.257 e. The number of hydrogen-bond acceptors (Lipinski definition) is 5. The van der Waals surface area contributed by atoms with Gasteiger partial charge >= 0.3 is 0 Å². The topological polar surface area (TPSA) is 69.5 Å². The molecule has 2 aliphatic heterocycles. The third-order valence-corrected chi connectivity index (χ3v) is 4.84. The summed E-state index contributed by atoms with van der Waals surface area (Å²) in [6, 6.07) is 5.67. The molecule has 124 valence electrons. The van der Waals surface area contributed by atoms with Gasteiger partial charge in [-0.15, -0.1) is 5.10 Å². The van der Waals surface area contributed by atoms with Crippen molar-refractivity contribution in [2.24, 2.45) is 0 Å². The van der Waals surface area contributed by atoms with E-state index in [1.54, 1.807) is 6.07 Å². The normalized spacial score (nSPS) is 19.9. The molecule has 0 spiro atoms. The fourth-order valence-corrected chi connectivity index (χ4v) is 3.24. The summed E-state index contributed by atoms with van der Waals surface area (Å²) in [4.78, 5) is 14.6. The molecule has 1 aromatic heterocycles. The van der Waals surface area contributed by atoms with Crippen molar-refractivity contribution in [1.82, 2.24) is 19.9 Å². The Labute approximate surface area is 139 Å². The summed E-state index contributed by atoms with van der Waals surface area (Å²) >= 11 is 0. The smallest absolute Gasteiger partial charge is 0.257 e. The minimum Gasteiger partial charge on any atom is -0.486 e. The van der Waals surface area contributed by atoms with Gasteiger partial charge in [-0.2, -0.15) is 0 Å². The molecule has 1 aromatic carbocycles. The Morgan fingerprint density at radius 2 is 2.00 bits per heavy atom. The maximum absolute atomic E-state index is 12.7. The second-order valence-corrected chi connectivity index (χ2v) is 6.59. The number of amides is 1. The van der Waals surface area contributed by atoms with Gasteiger partial charge in [0.1, 0.15) is 13.2 Å². The Bertz CT molecular complexity index is 793. The Morgan fingerprint density at radius 1 is 1.17 bits per heavy atom. The van der Waals surface area contributed by atoms with E-state index in [2.05, 4.69) is 10.3 Å². The SMILES string of the molecule is O=C(c1cccc2c1OCCO2)N1CC(n2cc(C3CC3)nn2)C1. The molecular weight excluding hydrogens is 308 g/mol. The fourth-order valence-electron chi connectivity index (χ4n) is 3.24. The number of para-hydroxylation sites is 1. The molecule has 0 bridgehead atoms. The molecule has 2 fully saturated rings. The van der Waals surface area contributed by atoms with Crippen molar-refractivity contribution >= 4 is 5.91 Å². The van der Waals surface area contributed by atoms with Gasteiger partial charge < -0.3 is 14.4 Å². The average Bonchev–Trinajstić information content (AvgIpc) is 3.32. The number of ether oxygens (including phenoxy) is 2. The second kappa shape index (κ2) is 5.22. The Morgan fingerprint density at radius 3 is 2.83 bits per heavy atom. The zero-order valence-corrected chi connectivity index (χ0v) is 13.2. The van der Waals surface area contributed by atoms with Crippen molar-refractivity contribution in [2.75, 3.05) is 26.3 Å². The molecule has 0 radical (unpaired) electrons. The maximum atomic E-state index is 12.7. The van der Waals surface area contributed by atoms with E-state index in [1.165, 1.54) is 12.8 Å². The van der Waals surface area contributed by atoms with Gasteiger partial charge in [-0.25, -0.2) is 4.68 Å². The van der Waals surface area contributed by atoms with Gasteiger partial charge in [-0.05, 0) is 25.0 Å². The number of carbonyl (C=O) groups is 1. The molecule has 1 saturated carbocycles. The molecule has 1 saturated heterocycles. The molecule has 5 rings (SSSR count). The lowest BCUT2D eigenvalue weighted by atomic mass is 10.1. The van der Waals surface area contributed by atoms with Gasteiger partial charge in [0.05, 0.1) is 17.3 Å². The first-order valence-corrected chi connectivity index (χ1v) is 8.39. The van der Waals surface area contributed by atoms with Crippen molar-refractivity contribution in [3.63, 3.8) is 0 Å². The lowest BCUT2D eigenvalue weighted by Gasteiger charge is -2.39. The Balaban J connectivity index is 1.29. The van der Waals surface area contributed by atoms with Crippen LogP contribution >= 0.6 is 0 Å². The number of carbonyl (C=O) groups excluding carboxylic acids is 1. The number of likely N-dealkylation sites (tertiary alicyclic amines) is 1. The van der Waals surface area contributed by atoms with Crippen LogP contribution in [0.1, 0.15) is 40.9 Å². The lowest BCUT2D eigenvalue weighted by Crippen LogP contribution is -2.51. The van der Waals surface area contributed by atoms with Gasteiger partial charge in [-0.1, -0.05) is 11.3 Å². The van der Waals surface area contributed by atoms with Gasteiger partial charge in [-0.3, -0.25) is 4.79 Å². The summed E-state index contributed by atoms with van der Waals surface area (Å²) in [7, 11) is 0. The summed E-state index contributed by atoms with van der Waals surface area (Å²) in [5, 5.41) is 8.46. The summed E-state index contributed by atoms with van der Waals surface area (Å²) in [6.45, 7) is 2.29. The highest BCUT2D eigenvalue weighted by atomic mass is 16.6. The zero-order valence-electron chi connectivity index (χ0n) is 13.2. The average molecular weight is 326 g/mol. The van der Waals surface area contributed by atoms with Crippen LogP contribution in [-0.4, -0.2) is 52.1 Å². The number of hydrogen-bond donors (Lipinski definition) is 0. The fraction of sp³-hybridized carbons (Fsp3) is 0.471. The molecule has 7 nitrogen and oxygen atoms in total. The third kappa shape index (κ3) is 2.23. The molecule has 2 aromatic rings. The highest BCUT2D eigenvalue weighted by Crippen LogP contribution is 2.39. The van der Waals surface area contributed by atoms with Crippen molar-refractivity contribution < 1.29 is 14.3 Å². The van der Waals surface area contributed by atoms with Crippen molar-refractivity contribution in [2.45, 2.75) is 24.8 Å². The van der Waals surface area contributed by atoms with E-state index in [-0.39, 0.29) is 11.9 Å². The molecule has 3 aliphatic rings. The Hall–Kier alpha value is -2.57. The molecule has 0 N–H and O–H groups in total. The molecule has 1 aliphatic carbocycles. The lowest BCUT2D eigenvalue weighted by molar-refractivity contribution is 0.0490. The summed E-state index contributed by atoms with van der Waals surface area (Å²) < 4.78 is 13.1. The molecular formula is C17H18N4O3. The summed E-state index contributed by atoms with van der Waals surface area (Å²) in [5.74, 6) is 1.80. The molecule has 24 heavy (non-hydrogen) atoms. The first kappa shape index (κ1) is 13.8. The minimum absolute atomic E-state index is 0.0175. The molecule has 0 atom stereocenters. The third-order valence-electron chi connectivity index (χ3n) is 4.84. The van der Waals surface area contributed by atoms with Crippen LogP contribution in [0.25, 0.3) is 0 Å². The number of nitrogens with zero attached hydrogens (tertiary/aromatic N) is 4. The van der Waals surface area contributed by atoms with Crippen LogP contribution in [0.5, 0.6) is 11.5 Å². The van der Waals surface area contributed by atoms with E-state index in [1.807, 2.05) is 27.9 Å². The number of benzene rings is 1. The van der Waals surface area contributed by atoms with Crippen LogP contribution in [0.15, 0.2) is 24.4 Å². The number of fused-ring (bicyclic) bond motifs is 1. The van der Waals surface area contributed by atoms with Crippen molar-refractivity contribution in [3.8, 4) is 11.5 Å². The van der Waals surface area contributed by atoms with E-state index in [0.29, 0.717) is 49.3 Å². The van der Waals surface area contributed by atoms with E-state index in [9.17, 15) is 4.79 Å². The summed E-state index contributed by atoms with van der Waals surface area (Å²) in [5.41, 5.74) is 1.66. The highest BCUT2D eigenvalue weighted by molar-refractivity contribution is 5.98. The van der Waals surface area contributed by atoms with Crippen LogP contribution in [0, 0.1) is 0 Å².